The number of nitrogens with zero attached hydrogens (tertiary/aromatic N) is 4. The van der Waals surface area contributed by atoms with E-state index in [-0.39, 0.29) is 0 Å². The molecule has 0 unspecified atom stereocenters. The lowest BCUT2D eigenvalue weighted by Gasteiger charge is -2.08. The SMILES string of the molecule is Cc1csc([C@@H](C#N)C(=O)COC(=O)c2c(C)nn(Cc3ccccc3)c2C)n1. The molecule has 148 valence electrons. The molecule has 2 heterocycles. The standard InChI is InChI=1S/C21H20N4O3S/c1-13-12-29-20(23-13)17(9-22)18(26)11-28-21(27)19-14(2)24-25(15(19)3)10-16-7-5-4-6-8-16/h4-8,12,17H,10-11H2,1-3H3/t17-/m0/s1. The molecule has 8 heteroatoms. The molecule has 2 aromatic heterocycles. The van der Waals surface area contributed by atoms with Crippen LogP contribution in [0.3, 0.4) is 0 Å². The average Bonchev–Trinajstić information content (AvgIpc) is 3.24. The van der Waals surface area contributed by atoms with Gasteiger partial charge in [-0.15, -0.1) is 11.3 Å². The van der Waals surface area contributed by atoms with Crippen molar-refractivity contribution < 1.29 is 14.3 Å². The highest BCUT2D eigenvalue weighted by Crippen LogP contribution is 2.21. The second kappa shape index (κ2) is 8.80. The third-order valence-corrected chi connectivity index (χ3v) is 5.47. The van der Waals surface area contributed by atoms with Crippen LogP contribution >= 0.6 is 11.3 Å². The van der Waals surface area contributed by atoms with Crippen molar-refractivity contribution >= 4 is 23.1 Å². The molecule has 0 radical (unpaired) electrons. The van der Waals surface area contributed by atoms with E-state index >= 15 is 0 Å². The van der Waals surface area contributed by atoms with Gasteiger partial charge in [-0.25, -0.2) is 9.78 Å². The summed E-state index contributed by atoms with van der Waals surface area (Å²) in [4.78, 5) is 29.1. The maximum Gasteiger partial charge on any atom is 0.342 e. The Hall–Kier alpha value is -3.31. The fourth-order valence-electron chi connectivity index (χ4n) is 2.96. The third-order valence-electron chi connectivity index (χ3n) is 4.44. The van der Waals surface area contributed by atoms with E-state index < -0.39 is 24.3 Å². The van der Waals surface area contributed by atoms with Crippen LogP contribution in [0.2, 0.25) is 0 Å². The maximum absolute atomic E-state index is 12.6. The number of Topliss-reactive ketones (excluding diaryl/α,β-unsaturated/α-hetero) is 1. The highest BCUT2D eigenvalue weighted by molar-refractivity contribution is 7.09. The monoisotopic (exact) mass is 408 g/mol. The molecule has 1 aromatic carbocycles. The summed E-state index contributed by atoms with van der Waals surface area (Å²) in [6.07, 6.45) is 0. The lowest BCUT2D eigenvalue weighted by molar-refractivity contribution is -0.122. The molecule has 0 aliphatic carbocycles. The predicted octanol–water partition coefficient (Wildman–Crippen LogP) is 3.35. The van der Waals surface area contributed by atoms with Crippen LogP contribution in [0.1, 0.15) is 43.9 Å². The van der Waals surface area contributed by atoms with Gasteiger partial charge in [0.25, 0.3) is 0 Å². The quantitative estimate of drug-likeness (QED) is 0.556. The Labute approximate surface area is 172 Å². The molecule has 0 aliphatic rings. The van der Waals surface area contributed by atoms with Crippen LogP contribution in [-0.2, 0) is 16.1 Å². The number of carbonyl (C=O) groups excluding carboxylic acids is 2. The molecule has 0 N–H and O–H groups in total. The Balaban J connectivity index is 1.69. The first kappa shape index (κ1) is 20.4. The smallest absolute Gasteiger partial charge is 0.342 e. The fraction of sp³-hybridized carbons (Fsp3) is 0.286. The van der Waals surface area contributed by atoms with Crippen LogP contribution < -0.4 is 0 Å². The van der Waals surface area contributed by atoms with E-state index in [4.69, 9.17) is 4.74 Å². The molecule has 3 rings (SSSR count). The number of aromatic nitrogens is 3. The van der Waals surface area contributed by atoms with Crippen molar-refractivity contribution in [3.8, 4) is 6.07 Å². The number of ether oxygens (including phenoxy) is 1. The number of aryl methyl sites for hydroxylation is 2. The Bertz CT molecular complexity index is 1080. The fourth-order valence-corrected chi connectivity index (χ4v) is 3.83. The molecule has 1 atom stereocenters. The summed E-state index contributed by atoms with van der Waals surface area (Å²) >= 11 is 1.24. The Morgan fingerprint density at radius 3 is 2.59 bits per heavy atom. The maximum atomic E-state index is 12.6. The van der Waals surface area contributed by atoms with Crippen LogP contribution in [0.15, 0.2) is 35.7 Å². The molecular formula is C21H20N4O3S. The van der Waals surface area contributed by atoms with Gasteiger partial charge in [-0.2, -0.15) is 10.4 Å². The molecule has 0 amide bonds. The minimum Gasteiger partial charge on any atom is -0.454 e. The third kappa shape index (κ3) is 4.58. The lowest BCUT2D eigenvalue weighted by atomic mass is 10.1. The minimum absolute atomic E-state index is 0.340. The molecule has 0 spiro atoms. The molecule has 0 aliphatic heterocycles. The number of rotatable bonds is 7. The predicted molar refractivity (Wildman–Crippen MR) is 108 cm³/mol. The molecule has 3 aromatic rings. The van der Waals surface area contributed by atoms with Gasteiger partial charge >= 0.3 is 5.97 Å². The lowest BCUT2D eigenvalue weighted by Crippen LogP contribution is -2.20. The summed E-state index contributed by atoms with van der Waals surface area (Å²) in [5.74, 6) is -2.16. The first-order valence-electron chi connectivity index (χ1n) is 9.00. The van der Waals surface area contributed by atoms with Crippen LogP contribution in [0.25, 0.3) is 0 Å². The molecular weight excluding hydrogens is 388 g/mol. The van der Waals surface area contributed by atoms with Crippen LogP contribution in [-0.4, -0.2) is 33.1 Å². The zero-order chi connectivity index (χ0) is 21.0. The van der Waals surface area contributed by atoms with Gasteiger partial charge in [0.05, 0.1) is 24.0 Å². The number of hydrogen-bond acceptors (Lipinski definition) is 7. The Morgan fingerprint density at radius 2 is 1.97 bits per heavy atom. The number of nitriles is 1. The molecule has 0 bridgehead atoms. The van der Waals surface area contributed by atoms with Gasteiger partial charge in [-0.05, 0) is 26.3 Å². The summed E-state index contributed by atoms with van der Waals surface area (Å²) < 4.78 is 6.95. The van der Waals surface area contributed by atoms with E-state index in [1.165, 1.54) is 11.3 Å². The van der Waals surface area contributed by atoms with E-state index in [1.807, 2.05) is 36.4 Å². The molecule has 0 fully saturated rings. The first-order chi connectivity index (χ1) is 13.9. The van der Waals surface area contributed by atoms with Gasteiger partial charge in [0.2, 0.25) is 0 Å². The summed E-state index contributed by atoms with van der Waals surface area (Å²) in [6, 6.07) is 11.7. The van der Waals surface area contributed by atoms with E-state index in [1.54, 1.807) is 30.8 Å². The van der Waals surface area contributed by atoms with E-state index in [0.29, 0.717) is 28.5 Å². The average molecular weight is 408 g/mol. The zero-order valence-electron chi connectivity index (χ0n) is 16.4. The van der Waals surface area contributed by atoms with Crippen molar-refractivity contribution in [2.45, 2.75) is 33.2 Å². The van der Waals surface area contributed by atoms with Crippen LogP contribution in [0.4, 0.5) is 0 Å². The molecule has 7 nitrogen and oxygen atoms in total. The second-order valence-electron chi connectivity index (χ2n) is 6.62. The van der Waals surface area contributed by atoms with E-state index in [2.05, 4.69) is 10.1 Å². The van der Waals surface area contributed by atoms with Gasteiger partial charge < -0.3 is 4.74 Å². The van der Waals surface area contributed by atoms with Gasteiger partial charge in [0.15, 0.2) is 18.3 Å². The number of esters is 1. The highest BCUT2D eigenvalue weighted by Gasteiger charge is 2.26. The first-order valence-corrected chi connectivity index (χ1v) is 9.88. The summed E-state index contributed by atoms with van der Waals surface area (Å²) in [5.41, 5.74) is 3.34. The van der Waals surface area contributed by atoms with Gasteiger partial charge in [0, 0.05) is 11.1 Å². The Morgan fingerprint density at radius 1 is 1.24 bits per heavy atom. The minimum atomic E-state index is -1.04. The van der Waals surface area contributed by atoms with Crippen molar-refractivity contribution in [3.63, 3.8) is 0 Å². The Kier molecular flexibility index (Phi) is 6.20. The molecule has 0 saturated heterocycles. The number of benzene rings is 1. The van der Waals surface area contributed by atoms with Crippen molar-refractivity contribution in [3.05, 3.63) is 68.9 Å². The topological polar surface area (TPSA) is 97.9 Å². The summed E-state index contributed by atoms with van der Waals surface area (Å²) in [6.45, 7) is 5.34. The van der Waals surface area contributed by atoms with Crippen molar-refractivity contribution in [2.75, 3.05) is 6.61 Å². The summed E-state index contributed by atoms with van der Waals surface area (Å²) in [5, 5.41) is 15.9. The number of hydrogen-bond donors (Lipinski definition) is 0. The van der Waals surface area contributed by atoms with Crippen LogP contribution in [0, 0.1) is 32.1 Å². The molecule has 0 saturated carbocycles. The van der Waals surface area contributed by atoms with Gasteiger partial charge in [0.1, 0.15) is 10.6 Å². The highest BCUT2D eigenvalue weighted by atomic mass is 32.1. The van der Waals surface area contributed by atoms with Crippen molar-refractivity contribution in [2.24, 2.45) is 0 Å². The normalized spacial score (nSPS) is 11.7. The second-order valence-corrected chi connectivity index (χ2v) is 7.51. The zero-order valence-corrected chi connectivity index (χ0v) is 17.2. The number of carbonyl (C=O) groups is 2. The number of ketones is 1. The number of thiazole rings is 1. The van der Waals surface area contributed by atoms with Gasteiger partial charge in [-0.1, -0.05) is 30.3 Å². The van der Waals surface area contributed by atoms with E-state index in [0.717, 1.165) is 11.3 Å². The van der Waals surface area contributed by atoms with Crippen LogP contribution in [0.5, 0.6) is 0 Å². The largest absolute Gasteiger partial charge is 0.454 e. The van der Waals surface area contributed by atoms with Gasteiger partial charge in [-0.3, -0.25) is 9.48 Å². The molecule has 29 heavy (non-hydrogen) atoms. The summed E-state index contributed by atoms with van der Waals surface area (Å²) in [7, 11) is 0. The van der Waals surface area contributed by atoms with Crippen molar-refractivity contribution in [1.82, 2.24) is 14.8 Å². The van der Waals surface area contributed by atoms with E-state index in [9.17, 15) is 14.9 Å². The van der Waals surface area contributed by atoms with Crippen molar-refractivity contribution in [1.29, 1.82) is 5.26 Å².